The first-order valence-corrected chi connectivity index (χ1v) is 8.58. The fourth-order valence-corrected chi connectivity index (χ4v) is 3.78. The highest BCUT2D eigenvalue weighted by Gasteiger charge is 2.22. The number of halogens is 3. The predicted molar refractivity (Wildman–Crippen MR) is 94.5 cm³/mol. The topological polar surface area (TPSA) is 12.9 Å². The average Bonchev–Trinajstić information content (AvgIpc) is 2.58. The summed E-state index contributed by atoms with van der Waals surface area (Å²) in [4.78, 5) is 5.06. The van der Waals surface area contributed by atoms with Gasteiger partial charge < -0.3 is 0 Å². The van der Waals surface area contributed by atoms with Crippen LogP contribution in [0.4, 0.5) is 8.78 Å². The summed E-state index contributed by atoms with van der Waals surface area (Å²) in [6.45, 7) is 1.93. The molecule has 0 saturated carbocycles. The van der Waals surface area contributed by atoms with Crippen molar-refractivity contribution in [3.63, 3.8) is 0 Å². The molecule has 3 aromatic rings. The van der Waals surface area contributed by atoms with Crippen LogP contribution in [0.2, 0.25) is 5.02 Å². The Morgan fingerprint density at radius 2 is 1.75 bits per heavy atom. The van der Waals surface area contributed by atoms with Gasteiger partial charge in [-0.2, -0.15) is 0 Å². The summed E-state index contributed by atoms with van der Waals surface area (Å²) in [5.41, 5.74) is 2.12. The maximum atomic E-state index is 14.4. The lowest BCUT2D eigenvalue weighted by Crippen LogP contribution is -2.03. The third kappa shape index (κ3) is 3.77. The summed E-state index contributed by atoms with van der Waals surface area (Å²) >= 11 is 7.36. The average molecular weight is 362 g/mol. The number of aryl methyl sites for hydroxylation is 1. The van der Waals surface area contributed by atoms with Gasteiger partial charge in [-0.1, -0.05) is 11.6 Å². The predicted octanol–water partition coefficient (Wildman–Crippen LogP) is 6.20. The monoisotopic (exact) mass is 361 g/mol. The van der Waals surface area contributed by atoms with Crippen molar-refractivity contribution in [1.29, 1.82) is 0 Å². The van der Waals surface area contributed by atoms with Crippen LogP contribution in [0.25, 0.3) is 0 Å². The van der Waals surface area contributed by atoms with Gasteiger partial charge in [0.1, 0.15) is 11.6 Å². The van der Waals surface area contributed by atoms with Crippen molar-refractivity contribution in [3.05, 3.63) is 94.3 Å². The number of benzene rings is 2. The van der Waals surface area contributed by atoms with Gasteiger partial charge in [-0.3, -0.25) is 4.98 Å². The quantitative estimate of drug-likeness (QED) is 0.513. The van der Waals surface area contributed by atoms with E-state index in [0.717, 1.165) is 28.2 Å². The van der Waals surface area contributed by atoms with E-state index in [1.54, 1.807) is 24.5 Å². The molecule has 5 heteroatoms. The van der Waals surface area contributed by atoms with E-state index in [4.69, 9.17) is 11.6 Å². The van der Waals surface area contributed by atoms with Crippen LogP contribution in [0.1, 0.15) is 21.9 Å². The van der Waals surface area contributed by atoms with Crippen LogP contribution in [-0.4, -0.2) is 4.98 Å². The molecule has 1 atom stereocenters. The molecule has 0 aliphatic rings. The van der Waals surface area contributed by atoms with Crippen LogP contribution >= 0.6 is 23.4 Å². The van der Waals surface area contributed by atoms with Gasteiger partial charge in [-0.15, -0.1) is 11.8 Å². The molecule has 24 heavy (non-hydrogen) atoms. The SMILES string of the molecule is Cc1ccncc1C(Sc1ccc(Cl)cc1)c1cc(F)ccc1F. The van der Waals surface area contributed by atoms with E-state index in [1.807, 2.05) is 25.1 Å². The Morgan fingerprint density at radius 3 is 2.46 bits per heavy atom. The molecule has 0 radical (unpaired) electrons. The number of pyridine rings is 1. The second-order valence-electron chi connectivity index (χ2n) is 5.35. The van der Waals surface area contributed by atoms with Crippen LogP contribution in [0.3, 0.4) is 0 Å². The molecule has 3 rings (SSSR count). The van der Waals surface area contributed by atoms with Crippen molar-refractivity contribution >= 4 is 23.4 Å². The van der Waals surface area contributed by atoms with Crippen molar-refractivity contribution in [1.82, 2.24) is 4.98 Å². The zero-order chi connectivity index (χ0) is 17.1. The molecule has 0 aliphatic heterocycles. The van der Waals surface area contributed by atoms with Gasteiger partial charge in [0.05, 0.1) is 5.25 Å². The lowest BCUT2D eigenvalue weighted by molar-refractivity contribution is 0.587. The molecule has 0 spiro atoms. The van der Waals surface area contributed by atoms with Crippen LogP contribution in [-0.2, 0) is 0 Å². The van der Waals surface area contributed by atoms with Crippen LogP contribution in [0.5, 0.6) is 0 Å². The summed E-state index contributed by atoms with van der Waals surface area (Å²) < 4.78 is 28.1. The van der Waals surface area contributed by atoms with E-state index >= 15 is 0 Å². The van der Waals surface area contributed by atoms with E-state index in [1.165, 1.54) is 17.8 Å². The minimum Gasteiger partial charge on any atom is -0.264 e. The van der Waals surface area contributed by atoms with Crippen LogP contribution in [0, 0.1) is 18.6 Å². The molecule has 1 heterocycles. The molecule has 1 nitrogen and oxygen atoms in total. The molecule has 0 bridgehead atoms. The van der Waals surface area contributed by atoms with Crippen molar-refractivity contribution in [2.24, 2.45) is 0 Å². The maximum absolute atomic E-state index is 14.4. The third-order valence-corrected chi connectivity index (χ3v) is 5.21. The fourth-order valence-electron chi connectivity index (χ4n) is 2.41. The largest absolute Gasteiger partial charge is 0.264 e. The molecule has 1 aromatic heterocycles. The first-order chi connectivity index (χ1) is 11.5. The van der Waals surface area contributed by atoms with E-state index in [2.05, 4.69) is 4.98 Å². The van der Waals surface area contributed by atoms with E-state index < -0.39 is 16.9 Å². The molecule has 1 unspecified atom stereocenters. The maximum Gasteiger partial charge on any atom is 0.128 e. The smallest absolute Gasteiger partial charge is 0.128 e. The van der Waals surface area contributed by atoms with Gasteiger partial charge in [0.2, 0.25) is 0 Å². The van der Waals surface area contributed by atoms with Crippen molar-refractivity contribution < 1.29 is 8.78 Å². The molecule has 0 aliphatic carbocycles. The highest BCUT2D eigenvalue weighted by molar-refractivity contribution is 7.99. The van der Waals surface area contributed by atoms with Gasteiger partial charge in [0.15, 0.2) is 0 Å². The first-order valence-electron chi connectivity index (χ1n) is 7.32. The number of aromatic nitrogens is 1. The highest BCUT2D eigenvalue weighted by atomic mass is 35.5. The number of hydrogen-bond donors (Lipinski definition) is 0. The Labute approximate surface area is 148 Å². The van der Waals surface area contributed by atoms with Gasteiger partial charge >= 0.3 is 0 Å². The summed E-state index contributed by atoms with van der Waals surface area (Å²) in [6, 6.07) is 12.7. The van der Waals surface area contributed by atoms with Crippen LogP contribution < -0.4 is 0 Å². The lowest BCUT2D eigenvalue weighted by Gasteiger charge is -2.20. The van der Waals surface area contributed by atoms with Gasteiger partial charge in [-0.05, 0) is 66.6 Å². The minimum absolute atomic E-state index is 0.297. The summed E-state index contributed by atoms with van der Waals surface area (Å²) in [7, 11) is 0. The second kappa shape index (κ2) is 7.32. The summed E-state index contributed by atoms with van der Waals surface area (Å²) in [5, 5.41) is 0.223. The summed E-state index contributed by atoms with van der Waals surface area (Å²) in [6.07, 6.45) is 3.39. The van der Waals surface area contributed by atoms with Gasteiger partial charge in [0.25, 0.3) is 0 Å². The molecule has 0 amide bonds. The Morgan fingerprint density at radius 1 is 1.00 bits per heavy atom. The van der Waals surface area contributed by atoms with Crippen molar-refractivity contribution in [2.45, 2.75) is 17.1 Å². The molecule has 122 valence electrons. The number of hydrogen-bond acceptors (Lipinski definition) is 2. The number of rotatable bonds is 4. The zero-order valence-electron chi connectivity index (χ0n) is 12.8. The molecule has 0 fully saturated rings. The Balaban J connectivity index is 2.08. The van der Waals surface area contributed by atoms with Gasteiger partial charge in [-0.25, -0.2) is 8.78 Å². The lowest BCUT2D eigenvalue weighted by atomic mass is 10.0. The Bertz CT molecular complexity index is 852. The van der Waals surface area contributed by atoms with Crippen LogP contribution in [0.15, 0.2) is 65.8 Å². The Kier molecular flexibility index (Phi) is 5.17. The van der Waals surface area contributed by atoms with E-state index in [9.17, 15) is 8.78 Å². The van der Waals surface area contributed by atoms with Crippen molar-refractivity contribution in [2.75, 3.05) is 0 Å². The molecule has 2 aromatic carbocycles. The van der Waals surface area contributed by atoms with Gasteiger partial charge in [0, 0.05) is 27.9 Å². The molecular weight excluding hydrogens is 348 g/mol. The normalized spacial score (nSPS) is 12.2. The zero-order valence-corrected chi connectivity index (χ0v) is 14.4. The molecule has 0 N–H and O–H groups in total. The first kappa shape index (κ1) is 16.9. The third-order valence-electron chi connectivity index (χ3n) is 3.67. The standard InChI is InChI=1S/C19H14ClF2NS/c1-12-8-9-23-11-17(12)19(16-10-14(21)4-7-18(16)22)24-15-5-2-13(20)3-6-15/h2-11,19H,1H3. The van der Waals surface area contributed by atoms with E-state index in [-0.39, 0.29) is 0 Å². The van der Waals surface area contributed by atoms with Crippen molar-refractivity contribution in [3.8, 4) is 0 Å². The summed E-state index contributed by atoms with van der Waals surface area (Å²) in [5.74, 6) is -0.902. The minimum atomic E-state index is -0.463. The molecule has 0 saturated heterocycles. The second-order valence-corrected chi connectivity index (χ2v) is 6.96. The number of nitrogens with zero attached hydrogens (tertiary/aromatic N) is 1. The Hall–Kier alpha value is -1.91. The highest BCUT2D eigenvalue weighted by Crippen LogP contribution is 2.42. The van der Waals surface area contributed by atoms with E-state index in [0.29, 0.717) is 10.6 Å². The molecular formula is C19H14ClF2NS. The number of thioether (sulfide) groups is 1. The fraction of sp³-hybridized carbons (Fsp3) is 0.105.